The lowest BCUT2D eigenvalue weighted by Crippen LogP contribution is -2.21. The first-order chi connectivity index (χ1) is 13.5. The third kappa shape index (κ3) is 2.47. The topological polar surface area (TPSA) is 117 Å². The molecule has 140 valence electrons. The van der Waals surface area contributed by atoms with E-state index >= 15 is 0 Å². The van der Waals surface area contributed by atoms with Gasteiger partial charge in [-0.25, -0.2) is 14.8 Å². The summed E-state index contributed by atoms with van der Waals surface area (Å²) in [6, 6.07) is 5.59. The van der Waals surface area contributed by atoms with E-state index in [1.165, 1.54) is 6.20 Å². The van der Waals surface area contributed by atoms with Gasteiger partial charge in [0.15, 0.2) is 0 Å². The first kappa shape index (κ1) is 16.8. The van der Waals surface area contributed by atoms with Gasteiger partial charge in [0.25, 0.3) is 0 Å². The summed E-state index contributed by atoms with van der Waals surface area (Å²) < 4.78 is 0. The number of hydrogen-bond donors (Lipinski definition) is 3. The molecule has 28 heavy (non-hydrogen) atoms. The zero-order valence-corrected chi connectivity index (χ0v) is 15.7. The lowest BCUT2D eigenvalue weighted by molar-refractivity contribution is 0.565. The zero-order chi connectivity index (χ0) is 19.4. The summed E-state index contributed by atoms with van der Waals surface area (Å²) in [6.07, 6.45) is 3.35. The molecule has 5 heterocycles. The van der Waals surface area contributed by atoms with E-state index in [4.69, 9.17) is 21.8 Å². The van der Waals surface area contributed by atoms with Crippen molar-refractivity contribution in [1.82, 2.24) is 24.9 Å². The Bertz CT molecular complexity index is 1310. The number of aromatic amines is 3. The normalized spacial score (nSPS) is 19.5. The van der Waals surface area contributed by atoms with Crippen LogP contribution in [0.15, 0.2) is 29.3 Å². The maximum atomic E-state index is 12.0. The lowest BCUT2D eigenvalue weighted by atomic mass is 9.93. The number of nitriles is 1. The van der Waals surface area contributed by atoms with Crippen LogP contribution in [0.5, 0.6) is 0 Å². The highest BCUT2D eigenvalue weighted by molar-refractivity contribution is 6.33. The number of halogens is 1. The Hall–Kier alpha value is -3.31. The van der Waals surface area contributed by atoms with Crippen molar-refractivity contribution in [3.05, 3.63) is 51.3 Å². The van der Waals surface area contributed by atoms with Crippen LogP contribution in [0.1, 0.15) is 24.1 Å². The van der Waals surface area contributed by atoms with E-state index in [-0.39, 0.29) is 17.5 Å². The van der Waals surface area contributed by atoms with Crippen molar-refractivity contribution in [2.24, 2.45) is 5.92 Å². The Morgan fingerprint density at radius 2 is 2.14 bits per heavy atom. The van der Waals surface area contributed by atoms with Gasteiger partial charge in [-0.3, -0.25) is 0 Å². The fourth-order valence-corrected chi connectivity index (χ4v) is 4.38. The van der Waals surface area contributed by atoms with Crippen LogP contribution in [0, 0.1) is 17.2 Å². The molecule has 0 spiro atoms. The molecule has 0 amide bonds. The number of nitrogens with zero attached hydrogens (tertiary/aromatic N) is 4. The molecule has 0 unspecified atom stereocenters. The molecular weight excluding hydrogens is 378 g/mol. The number of H-pyrrole nitrogens is 3. The third-order valence-corrected chi connectivity index (χ3v) is 5.70. The maximum absolute atomic E-state index is 12.0. The summed E-state index contributed by atoms with van der Waals surface area (Å²) >= 11 is 6.36. The van der Waals surface area contributed by atoms with Crippen molar-refractivity contribution >= 4 is 39.5 Å². The predicted octanol–water partition coefficient (Wildman–Crippen LogP) is 2.89. The van der Waals surface area contributed by atoms with E-state index in [9.17, 15) is 4.79 Å². The standard InChI is InChI=1S/C19H16ClN7O/c1-9-7-27(18-13(20)4-10(5-21)6-23-18)8-12(9)15-16-14(25-19(28)26-16)11-2-3-22-17(11)24-15/h2-4,6,9,12H,7-8H2,1H3,(H,22,24)(H2,25,26,28)/t9-,12-/m0/s1. The Balaban J connectivity index is 1.59. The number of aromatic nitrogens is 5. The molecular formula is C19H16ClN7O. The number of nitrogens with one attached hydrogen (secondary N) is 3. The quantitative estimate of drug-likeness (QED) is 0.484. The first-order valence-corrected chi connectivity index (χ1v) is 9.32. The van der Waals surface area contributed by atoms with E-state index in [1.807, 2.05) is 18.3 Å². The summed E-state index contributed by atoms with van der Waals surface area (Å²) in [4.78, 5) is 32.2. The average molecular weight is 394 g/mol. The Morgan fingerprint density at radius 1 is 1.32 bits per heavy atom. The largest absolute Gasteiger partial charge is 0.354 e. The Labute approximate surface area is 164 Å². The van der Waals surface area contributed by atoms with Crippen LogP contribution >= 0.6 is 11.6 Å². The highest BCUT2D eigenvalue weighted by Gasteiger charge is 2.35. The second-order valence-corrected chi connectivity index (χ2v) is 7.60. The summed E-state index contributed by atoms with van der Waals surface area (Å²) in [7, 11) is 0. The molecule has 0 bridgehead atoms. The Kier molecular flexibility index (Phi) is 3.67. The number of hydrogen-bond acceptors (Lipinski definition) is 5. The van der Waals surface area contributed by atoms with E-state index in [0.29, 0.717) is 22.9 Å². The zero-order valence-electron chi connectivity index (χ0n) is 15.0. The summed E-state index contributed by atoms with van der Waals surface area (Å²) in [6.45, 7) is 3.57. The minimum absolute atomic E-state index is 0.0927. The summed E-state index contributed by atoms with van der Waals surface area (Å²) in [5.41, 5.74) is 3.30. The number of pyridine rings is 2. The molecule has 1 aliphatic rings. The highest BCUT2D eigenvalue weighted by Crippen LogP contribution is 2.38. The number of rotatable bonds is 2. The molecule has 2 atom stereocenters. The van der Waals surface area contributed by atoms with Gasteiger partial charge in [0.05, 0.1) is 27.3 Å². The number of imidazole rings is 1. The van der Waals surface area contributed by atoms with Crippen LogP contribution in [0.25, 0.3) is 22.1 Å². The maximum Gasteiger partial charge on any atom is 0.323 e. The minimum atomic E-state index is -0.244. The predicted molar refractivity (Wildman–Crippen MR) is 107 cm³/mol. The van der Waals surface area contributed by atoms with Crippen molar-refractivity contribution in [3.8, 4) is 6.07 Å². The molecule has 4 aromatic rings. The molecule has 0 aliphatic carbocycles. The Morgan fingerprint density at radius 3 is 2.93 bits per heavy atom. The molecule has 0 saturated carbocycles. The summed E-state index contributed by atoms with van der Waals surface area (Å²) in [5, 5.41) is 10.4. The average Bonchev–Trinajstić information content (AvgIpc) is 3.38. The molecule has 5 rings (SSSR count). The molecule has 3 N–H and O–H groups in total. The molecule has 0 radical (unpaired) electrons. The first-order valence-electron chi connectivity index (χ1n) is 8.94. The van der Waals surface area contributed by atoms with Gasteiger partial charge >= 0.3 is 5.69 Å². The van der Waals surface area contributed by atoms with Gasteiger partial charge in [-0.05, 0) is 18.1 Å². The molecule has 0 aromatic carbocycles. The number of anilines is 1. The van der Waals surface area contributed by atoms with Crippen LogP contribution in [0.2, 0.25) is 5.02 Å². The van der Waals surface area contributed by atoms with Gasteiger partial charge in [-0.15, -0.1) is 0 Å². The van der Waals surface area contributed by atoms with Gasteiger partial charge in [0.1, 0.15) is 17.5 Å². The monoisotopic (exact) mass is 393 g/mol. The van der Waals surface area contributed by atoms with Crippen molar-refractivity contribution in [3.63, 3.8) is 0 Å². The molecule has 1 aliphatic heterocycles. The van der Waals surface area contributed by atoms with Crippen LogP contribution < -0.4 is 10.6 Å². The van der Waals surface area contributed by atoms with E-state index < -0.39 is 0 Å². The van der Waals surface area contributed by atoms with Gasteiger partial charge in [0, 0.05) is 36.8 Å². The fourth-order valence-electron chi connectivity index (χ4n) is 4.10. The van der Waals surface area contributed by atoms with E-state index in [2.05, 4.69) is 31.8 Å². The van der Waals surface area contributed by atoms with E-state index in [1.54, 1.807) is 6.07 Å². The van der Waals surface area contributed by atoms with Gasteiger partial charge < -0.3 is 19.9 Å². The second-order valence-electron chi connectivity index (χ2n) is 7.20. The van der Waals surface area contributed by atoms with Gasteiger partial charge in [-0.2, -0.15) is 5.26 Å². The molecule has 9 heteroatoms. The smallest absolute Gasteiger partial charge is 0.323 e. The second kappa shape index (κ2) is 6.11. The van der Waals surface area contributed by atoms with Gasteiger partial charge in [-0.1, -0.05) is 18.5 Å². The molecule has 1 saturated heterocycles. The van der Waals surface area contributed by atoms with Crippen molar-refractivity contribution in [2.75, 3.05) is 18.0 Å². The lowest BCUT2D eigenvalue weighted by Gasteiger charge is -2.18. The van der Waals surface area contributed by atoms with Crippen LogP contribution in [0.4, 0.5) is 5.82 Å². The SMILES string of the molecule is C[C@H]1CN(c2ncc(C#N)cc2Cl)C[C@@H]1c1nc2[nH]ccc2c2[nH]c(=O)[nH]c12. The summed E-state index contributed by atoms with van der Waals surface area (Å²) in [5.74, 6) is 1.03. The molecule has 1 fully saturated rings. The fraction of sp³-hybridized carbons (Fsp3) is 0.263. The molecule has 4 aromatic heterocycles. The van der Waals surface area contributed by atoms with Crippen molar-refractivity contribution in [1.29, 1.82) is 5.26 Å². The number of fused-ring (bicyclic) bond motifs is 3. The van der Waals surface area contributed by atoms with Crippen molar-refractivity contribution < 1.29 is 0 Å². The van der Waals surface area contributed by atoms with Crippen LogP contribution in [-0.2, 0) is 0 Å². The third-order valence-electron chi connectivity index (χ3n) is 5.42. The molecule has 8 nitrogen and oxygen atoms in total. The minimum Gasteiger partial charge on any atom is -0.354 e. The van der Waals surface area contributed by atoms with E-state index in [0.717, 1.165) is 34.3 Å². The highest BCUT2D eigenvalue weighted by atomic mass is 35.5. The van der Waals surface area contributed by atoms with Crippen LogP contribution in [-0.4, -0.2) is 38.0 Å². The van der Waals surface area contributed by atoms with Crippen LogP contribution in [0.3, 0.4) is 0 Å². The van der Waals surface area contributed by atoms with Gasteiger partial charge in [0.2, 0.25) is 0 Å². The van der Waals surface area contributed by atoms with Crippen molar-refractivity contribution in [2.45, 2.75) is 12.8 Å².